The molecule has 1 N–H and O–H groups in total. The van der Waals surface area contributed by atoms with E-state index in [2.05, 4.69) is 18.8 Å². The molecular weight excluding hydrogens is 240 g/mol. The molecule has 4 nitrogen and oxygen atoms in total. The monoisotopic (exact) mass is 262 g/mol. The number of amides is 1. The van der Waals surface area contributed by atoms with Gasteiger partial charge in [0.25, 0.3) is 0 Å². The highest BCUT2D eigenvalue weighted by atomic mass is 16.3. The zero-order valence-corrected chi connectivity index (χ0v) is 11.7. The lowest BCUT2D eigenvalue weighted by atomic mass is 9.88. The molecule has 1 amide bonds. The number of likely N-dealkylation sites (tertiary alicyclic amines) is 1. The fourth-order valence-corrected chi connectivity index (χ4v) is 2.56. The van der Waals surface area contributed by atoms with Crippen LogP contribution in [0.5, 0.6) is 0 Å². The average Bonchev–Trinajstić information content (AvgIpc) is 2.40. The molecule has 1 saturated heterocycles. The first-order valence-electron chi connectivity index (χ1n) is 6.87. The Morgan fingerprint density at radius 1 is 1.53 bits per heavy atom. The lowest BCUT2D eigenvalue weighted by Crippen LogP contribution is -2.54. The van der Waals surface area contributed by atoms with Crippen LogP contribution in [0.25, 0.3) is 0 Å². The summed E-state index contributed by atoms with van der Waals surface area (Å²) in [7, 11) is 0. The normalized spacial score (nSPS) is 22.3. The van der Waals surface area contributed by atoms with Crippen LogP contribution in [0.1, 0.15) is 38.8 Å². The quantitative estimate of drug-likeness (QED) is 0.903. The van der Waals surface area contributed by atoms with Gasteiger partial charge in [-0.25, -0.2) is 0 Å². The number of nitrogens with zero attached hydrogens (tertiary/aromatic N) is 2. The Morgan fingerprint density at radius 3 is 3.00 bits per heavy atom. The van der Waals surface area contributed by atoms with Crippen molar-refractivity contribution in [3.8, 4) is 0 Å². The van der Waals surface area contributed by atoms with Crippen molar-refractivity contribution in [2.75, 3.05) is 6.54 Å². The fraction of sp³-hybridized carbons (Fsp3) is 0.600. The van der Waals surface area contributed by atoms with Gasteiger partial charge in [-0.05, 0) is 45.2 Å². The highest BCUT2D eigenvalue weighted by molar-refractivity contribution is 5.77. The molecule has 2 heterocycles. The predicted molar refractivity (Wildman–Crippen MR) is 73.6 cm³/mol. The fourth-order valence-electron chi connectivity index (χ4n) is 2.56. The SMILES string of the molecule is CC1(C)CCC(O)CN1C(=O)CCc1ccccn1. The Kier molecular flexibility index (Phi) is 4.20. The second-order valence-corrected chi connectivity index (χ2v) is 5.83. The maximum Gasteiger partial charge on any atom is 0.223 e. The van der Waals surface area contributed by atoms with Crippen molar-refractivity contribution in [3.05, 3.63) is 30.1 Å². The van der Waals surface area contributed by atoms with E-state index in [1.807, 2.05) is 23.1 Å². The van der Waals surface area contributed by atoms with Crippen molar-refractivity contribution in [3.63, 3.8) is 0 Å². The number of aromatic nitrogens is 1. The van der Waals surface area contributed by atoms with Gasteiger partial charge < -0.3 is 10.0 Å². The van der Waals surface area contributed by atoms with Gasteiger partial charge in [0.2, 0.25) is 5.91 Å². The molecule has 1 fully saturated rings. The van der Waals surface area contributed by atoms with Crippen LogP contribution in [-0.2, 0) is 11.2 Å². The number of carbonyl (C=O) groups excluding carboxylic acids is 1. The first-order valence-corrected chi connectivity index (χ1v) is 6.87. The van der Waals surface area contributed by atoms with E-state index in [0.717, 1.165) is 18.5 Å². The summed E-state index contributed by atoms with van der Waals surface area (Å²) >= 11 is 0. The van der Waals surface area contributed by atoms with Crippen LogP contribution in [0.3, 0.4) is 0 Å². The number of carbonyl (C=O) groups is 1. The first-order chi connectivity index (χ1) is 8.99. The summed E-state index contributed by atoms with van der Waals surface area (Å²) < 4.78 is 0. The largest absolute Gasteiger partial charge is 0.391 e. The molecule has 1 aliphatic rings. The lowest BCUT2D eigenvalue weighted by molar-refractivity contribution is -0.142. The average molecular weight is 262 g/mol. The zero-order valence-electron chi connectivity index (χ0n) is 11.7. The smallest absolute Gasteiger partial charge is 0.223 e. The van der Waals surface area contributed by atoms with Gasteiger partial charge in [-0.2, -0.15) is 0 Å². The van der Waals surface area contributed by atoms with E-state index in [1.165, 1.54) is 0 Å². The highest BCUT2D eigenvalue weighted by Gasteiger charge is 2.36. The van der Waals surface area contributed by atoms with Crippen LogP contribution in [0.15, 0.2) is 24.4 Å². The molecule has 1 aromatic rings. The zero-order chi connectivity index (χ0) is 13.9. The number of aliphatic hydroxyl groups excluding tert-OH is 1. The molecule has 1 aliphatic heterocycles. The number of β-amino-alcohol motifs (C(OH)–C–C–N with tert-alkyl or cyclic N) is 1. The minimum Gasteiger partial charge on any atom is -0.391 e. The first kappa shape index (κ1) is 14.0. The molecule has 104 valence electrons. The van der Waals surface area contributed by atoms with Crippen LogP contribution in [0.4, 0.5) is 0 Å². The second kappa shape index (κ2) is 5.70. The van der Waals surface area contributed by atoms with Crippen LogP contribution < -0.4 is 0 Å². The molecule has 2 rings (SSSR count). The van der Waals surface area contributed by atoms with Gasteiger partial charge in [-0.15, -0.1) is 0 Å². The van der Waals surface area contributed by atoms with E-state index < -0.39 is 0 Å². The summed E-state index contributed by atoms with van der Waals surface area (Å²) in [6.45, 7) is 4.59. The topological polar surface area (TPSA) is 53.4 Å². The molecule has 4 heteroatoms. The molecule has 19 heavy (non-hydrogen) atoms. The molecular formula is C15H22N2O2. The van der Waals surface area contributed by atoms with Gasteiger partial charge in [0.15, 0.2) is 0 Å². The van der Waals surface area contributed by atoms with Gasteiger partial charge in [-0.3, -0.25) is 9.78 Å². The van der Waals surface area contributed by atoms with Gasteiger partial charge in [0, 0.05) is 30.4 Å². The molecule has 0 aliphatic carbocycles. The molecule has 0 saturated carbocycles. The number of hydrogen-bond acceptors (Lipinski definition) is 3. The summed E-state index contributed by atoms with van der Waals surface area (Å²) in [6, 6.07) is 5.74. The van der Waals surface area contributed by atoms with E-state index in [9.17, 15) is 9.90 Å². The Morgan fingerprint density at radius 2 is 2.32 bits per heavy atom. The molecule has 0 aromatic carbocycles. The van der Waals surface area contributed by atoms with Crippen molar-refractivity contribution < 1.29 is 9.90 Å². The van der Waals surface area contributed by atoms with Crippen molar-refractivity contribution in [1.29, 1.82) is 0 Å². The molecule has 0 radical (unpaired) electrons. The van der Waals surface area contributed by atoms with Crippen LogP contribution in [0.2, 0.25) is 0 Å². The van der Waals surface area contributed by atoms with E-state index in [4.69, 9.17) is 0 Å². The Hall–Kier alpha value is -1.42. The minimum absolute atomic E-state index is 0.106. The van der Waals surface area contributed by atoms with Gasteiger partial charge in [0.1, 0.15) is 0 Å². The number of hydrogen-bond donors (Lipinski definition) is 1. The molecule has 1 aromatic heterocycles. The Balaban J connectivity index is 1.95. The summed E-state index contributed by atoms with van der Waals surface area (Å²) in [4.78, 5) is 18.4. The van der Waals surface area contributed by atoms with Crippen LogP contribution in [-0.4, -0.2) is 39.1 Å². The minimum atomic E-state index is -0.383. The molecule has 0 spiro atoms. The lowest BCUT2D eigenvalue weighted by Gasteiger charge is -2.44. The molecule has 1 unspecified atom stereocenters. The standard InChI is InChI=1S/C15H22N2O2/c1-15(2)9-8-13(18)11-17(15)14(19)7-6-12-5-3-4-10-16-12/h3-5,10,13,18H,6-9,11H2,1-2H3. The van der Waals surface area contributed by atoms with Crippen LogP contribution >= 0.6 is 0 Å². The summed E-state index contributed by atoms with van der Waals surface area (Å²) in [5, 5.41) is 9.74. The maximum atomic E-state index is 12.3. The van der Waals surface area contributed by atoms with E-state index in [0.29, 0.717) is 19.4 Å². The van der Waals surface area contributed by atoms with Crippen molar-refractivity contribution in [2.45, 2.75) is 51.2 Å². The molecule has 1 atom stereocenters. The third-order valence-corrected chi connectivity index (χ3v) is 3.84. The predicted octanol–water partition coefficient (Wildman–Crippen LogP) is 1.78. The summed E-state index contributed by atoms with van der Waals surface area (Å²) in [5.41, 5.74) is 0.784. The third-order valence-electron chi connectivity index (χ3n) is 3.84. The Bertz CT molecular complexity index is 431. The van der Waals surface area contributed by atoms with Crippen molar-refractivity contribution in [1.82, 2.24) is 9.88 Å². The number of rotatable bonds is 3. The number of pyridine rings is 1. The Labute approximate surface area is 114 Å². The number of piperidine rings is 1. The van der Waals surface area contributed by atoms with E-state index in [1.54, 1.807) is 6.20 Å². The van der Waals surface area contributed by atoms with Crippen molar-refractivity contribution in [2.24, 2.45) is 0 Å². The van der Waals surface area contributed by atoms with Gasteiger partial charge in [-0.1, -0.05) is 6.07 Å². The molecule has 0 bridgehead atoms. The number of aryl methyl sites for hydroxylation is 1. The van der Waals surface area contributed by atoms with Gasteiger partial charge in [0.05, 0.1) is 6.10 Å². The van der Waals surface area contributed by atoms with Gasteiger partial charge >= 0.3 is 0 Å². The van der Waals surface area contributed by atoms with E-state index >= 15 is 0 Å². The highest BCUT2D eigenvalue weighted by Crippen LogP contribution is 2.28. The third kappa shape index (κ3) is 3.53. The van der Waals surface area contributed by atoms with Crippen LogP contribution in [0, 0.1) is 0 Å². The van der Waals surface area contributed by atoms with E-state index in [-0.39, 0.29) is 17.6 Å². The number of aliphatic hydroxyl groups is 1. The summed E-state index contributed by atoms with van der Waals surface area (Å²) in [5.74, 6) is 0.106. The second-order valence-electron chi connectivity index (χ2n) is 5.83. The van der Waals surface area contributed by atoms with Crippen molar-refractivity contribution >= 4 is 5.91 Å². The maximum absolute atomic E-state index is 12.3. The summed E-state index contributed by atoms with van der Waals surface area (Å²) in [6.07, 6.45) is 4.09.